The maximum absolute atomic E-state index is 3.66. The number of hydrogen-bond donors (Lipinski definition) is 0. The molecule has 53 valence electrons. The molecule has 0 nitrogen and oxygen atoms in total. The van der Waals surface area contributed by atoms with Crippen LogP contribution in [0.25, 0.3) is 0 Å². The second-order valence-corrected chi connectivity index (χ2v) is 3.10. The molecule has 0 aromatic carbocycles. The van der Waals surface area contributed by atoms with Gasteiger partial charge in [0.25, 0.3) is 0 Å². The minimum Gasteiger partial charge on any atom is -0.158 e. The molecule has 9 heavy (non-hydrogen) atoms. The summed E-state index contributed by atoms with van der Waals surface area (Å²) >= 11 is 1.90. The van der Waals surface area contributed by atoms with Crippen molar-refractivity contribution in [2.45, 2.75) is 26.2 Å². The molecule has 0 saturated heterocycles. The van der Waals surface area contributed by atoms with Gasteiger partial charge in [-0.25, -0.2) is 0 Å². The summed E-state index contributed by atoms with van der Waals surface area (Å²) in [5.74, 6) is 3.41. The highest BCUT2D eigenvalue weighted by Gasteiger charge is 1.84. The number of unbranched alkanes of at least 4 members (excludes halogenated alkanes) is 2. The van der Waals surface area contributed by atoms with Gasteiger partial charge in [-0.05, 0) is 25.0 Å². The standard InChI is InChI=1S/C8H15S/c1-3-5-6-7-8-9-4-2/h3-4H,1,5-8H2,2H3. The van der Waals surface area contributed by atoms with Crippen LogP contribution in [0.3, 0.4) is 0 Å². The van der Waals surface area contributed by atoms with Crippen LogP contribution in [0.2, 0.25) is 0 Å². The van der Waals surface area contributed by atoms with Gasteiger partial charge in [0.1, 0.15) is 0 Å². The lowest BCUT2D eigenvalue weighted by Crippen LogP contribution is -1.77. The van der Waals surface area contributed by atoms with Crippen LogP contribution >= 0.6 is 11.8 Å². The zero-order chi connectivity index (χ0) is 6.95. The molecule has 1 heteroatoms. The van der Waals surface area contributed by atoms with Crippen LogP contribution in [0.1, 0.15) is 26.2 Å². The van der Waals surface area contributed by atoms with Gasteiger partial charge in [-0.2, -0.15) is 11.8 Å². The van der Waals surface area contributed by atoms with Crippen LogP contribution in [0.15, 0.2) is 12.7 Å². The van der Waals surface area contributed by atoms with E-state index in [0.717, 1.165) is 0 Å². The molecule has 0 aromatic heterocycles. The molecule has 0 aliphatic heterocycles. The number of thioether (sulfide) groups is 1. The summed E-state index contributed by atoms with van der Waals surface area (Å²) in [6.07, 6.45) is 5.77. The molecule has 0 rings (SSSR count). The van der Waals surface area contributed by atoms with Crippen LogP contribution in [-0.2, 0) is 0 Å². The van der Waals surface area contributed by atoms with E-state index >= 15 is 0 Å². The van der Waals surface area contributed by atoms with Gasteiger partial charge in [0.2, 0.25) is 0 Å². The van der Waals surface area contributed by atoms with E-state index < -0.39 is 0 Å². The van der Waals surface area contributed by atoms with E-state index in [4.69, 9.17) is 0 Å². The number of allylic oxidation sites excluding steroid dienone is 1. The van der Waals surface area contributed by atoms with E-state index in [0.29, 0.717) is 0 Å². The maximum Gasteiger partial charge on any atom is 0.0135 e. The molecule has 1 radical (unpaired) electrons. The zero-order valence-electron chi connectivity index (χ0n) is 6.10. The molecule has 0 spiro atoms. The van der Waals surface area contributed by atoms with Crippen molar-refractivity contribution in [3.8, 4) is 0 Å². The summed E-state index contributed by atoms with van der Waals surface area (Å²) in [6.45, 7) is 5.75. The number of rotatable bonds is 6. The molecule has 0 aliphatic carbocycles. The summed E-state index contributed by atoms with van der Waals surface area (Å²) < 4.78 is 0. The normalized spacial score (nSPS) is 9.44. The lowest BCUT2D eigenvalue weighted by Gasteiger charge is -1.94. The Balaban J connectivity index is 2.66. The maximum atomic E-state index is 3.66. The minimum atomic E-state index is 1.17. The molecule has 0 unspecified atom stereocenters. The topological polar surface area (TPSA) is 0 Å². The Morgan fingerprint density at radius 1 is 1.44 bits per heavy atom. The number of hydrogen-bond acceptors (Lipinski definition) is 1. The van der Waals surface area contributed by atoms with Gasteiger partial charge < -0.3 is 0 Å². The van der Waals surface area contributed by atoms with E-state index in [1.165, 1.54) is 25.0 Å². The zero-order valence-corrected chi connectivity index (χ0v) is 6.91. The van der Waals surface area contributed by atoms with Gasteiger partial charge in [0.15, 0.2) is 0 Å². The highest BCUT2D eigenvalue weighted by atomic mass is 32.2. The van der Waals surface area contributed by atoms with Gasteiger partial charge in [-0.15, -0.1) is 6.58 Å². The Labute approximate surface area is 62.7 Å². The van der Waals surface area contributed by atoms with Gasteiger partial charge in [-0.3, -0.25) is 0 Å². The molecular formula is C8H15S. The Kier molecular flexibility index (Phi) is 8.17. The highest BCUT2D eigenvalue weighted by Crippen LogP contribution is 2.08. The fourth-order valence-corrected chi connectivity index (χ4v) is 1.20. The van der Waals surface area contributed by atoms with E-state index in [-0.39, 0.29) is 0 Å². The van der Waals surface area contributed by atoms with Gasteiger partial charge in [-0.1, -0.05) is 13.0 Å². The van der Waals surface area contributed by atoms with Gasteiger partial charge >= 0.3 is 0 Å². The van der Waals surface area contributed by atoms with Crippen LogP contribution in [0, 0.1) is 5.75 Å². The molecule has 0 N–H and O–H groups in total. The highest BCUT2D eigenvalue weighted by molar-refractivity contribution is 8.01. The first-order valence-electron chi connectivity index (χ1n) is 3.42. The van der Waals surface area contributed by atoms with Crippen molar-refractivity contribution in [3.63, 3.8) is 0 Å². The summed E-state index contributed by atoms with van der Waals surface area (Å²) in [5.41, 5.74) is 0. The summed E-state index contributed by atoms with van der Waals surface area (Å²) in [5, 5.41) is 0. The SMILES string of the molecule is C=CCCCCS[CH]C. The summed E-state index contributed by atoms with van der Waals surface area (Å²) in [4.78, 5) is 0. The van der Waals surface area contributed by atoms with E-state index in [9.17, 15) is 0 Å². The van der Waals surface area contributed by atoms with Crippen LogP contribution in [0.5, 0.6) is 0 Å². The molecule has 0 fully saturated rings. The predicted molar refractivity (Wildman–Crippen MR) is 46.5 cm³/mol. The first-order chi connectivity index (χ1) is 4.41. The summed E-state index contributed by atoms with van der Waals surface area (Å²) in [6, 6.07) is 0. The Morgan fingerprint density at radius 2 is 2.22 bits per heavy atom. The quantitative estimate of drug-likeness (QED) is 0.406. The second kappa shape index (κ2) is 8.09. The van der Waals surface area contributed by atoms with Gasteiger partial charge in [0, 0.05) is 5.75 Å². The van der Waals surface area contributed by atoms with E-state index in [2.05, 4.69) is 19.3 Å². The average molecular weight is 143 g/mol. The summed E-state index contributed by atoms with van der Waals surface area (Å²) in [7, 11) is 0. The van der Waals surface area contributed by atoms with E-state index in [1.54, 1.807) is 0 Å². The van der Waals surface area contributed by atoms with Crippen molar-refractivity contribution in [3.05, 3.63) is 18.4 Å². The fraction of sp³-hybridized carbons (Fsp3) is 0.625. The van der Waals surface area contributed by atoms with Gasteiger partial charge in [0.05, 0.1) is 0 Å². The third-order valence-corrected chi connectivity index (χ3v) is 1.94. The second-order valence-electron chi connectivity index (χ2n) is 1.89. The third-order valence-electron chi connectivity index (χ3n) is 1.09. The molecule has 0 saturated carbocycles. The van der Waals surface area contributed by atoms with E-state index in [1.807, 2.05) is 17.8 Å². The smallest absolute Gasteiger partial charge is 0.0135 e. The molecule has 0 aromatic rings. The minimum absolute atomic E-state index is 1.17. The van der Waals surface area contributed by atoms with Crippen molar-refractivity contribution in [1.82, 2.24) is 0 Å². The average Bonchev–Trinajstić information content (AvgIpc) is 1.89. The largest absolute Gasteiger partial charge is 0.158 e. The van der Waals surface area contributed by atoms with Crippen molar-refractivity contribution >= 4 is 11.8 Å². The Bertz CT molecular complexity index is 59.6. The first-order valence-corrected chi connectivity index (χ1v) is 4.47. The van der Waals surface area contributed by atoms with Crippen molar-refractivity contribution in [2.24, 2.45) is 0 Å². The lowest BCUT2D eigenvalue weighted by molar-refractivity contribution is 0.825. The Hall–Kier alpha value is 0.0900. The fourth-order valence-electron chi connectivity index (χ4n) is 0.592. The van der Waals surface area contributed by atoms with Crippen LogP contribution in [-0.4, -0.2) is 5.75 Å². The first kappa shape index (κ1) is 9.09. The molecule has 0 heterocycles. The van der Waals surface area contributed by atoms with Crippen molar-refractivity contribution in [2.75, 3.05) is 5.75 Å². The van der Waals surface area contributed by atoms with Crippen LogP contribution < -0.4 is 0 Å². The third kappa shape index (κ3) is 8.09. The van der Waals surface area contributed by atoms with Crippen molar-refractivity contribution in [1.29, 1.82) is 0 Å². The lowest BCUT2D eigenvalue weighted by atomic mass is 10.2. The predicted octanol–water partition coefficient (Wildman–Crippen LogP) is 3.26. The molecule has 0 bridgehead atoms. The monoisotopic (exact) mass is 143 g/mol. The van der Waals surface area contributed by atoms with Crippen molar-refractivity contribution < 1.29 is 0 Å². The molecule has 0 aliphatic rings. The molecule has 0 atom stereocenters. The Morgan fingerprint density at radius 3 is 2.78 bits per heavy atom. The molecular weight excluding hydrogens is 128 g/mol. The van der Waals surface area contributed by atoms with Crippen LogP contribution in [0.4, 0.5) is 0 Å². The molecule has 0 amide bonds.